The van der Waals surface area contributed by atoms with Crippen LogP contribution in [0.2, 0.25) is 0 Å². The topological polar surface area (TPSA) is 47.6 Å². The molecule has 0 aliphatic carbocycles. The highest BCUT2D eigenvalue weighted by Crippen LogP contribution is 2.25. The van der Waals surface area contributed by atoms with Gasteiger partial charge in [-0.3, -0.25) is 0 Å². The van der Waals surface area contributed by atoms with E-state index in [4.69, 9.17) is 9.47 Å². The average Bonchev–Trinajstić information content (AvgIpc) is 2.73. The van der Waals surface area contributed by atoms with Crippen LogP contribution in [0.25, 0.3) is 0 Å². The fraction of sp³-hybridized carbons (Fsp3) is 0.174. The standard InChI is InChI=1S/C23H21BrFNO3/c1-2-28-23(27)16-7-10-20(11-8-16)26-14-18-13-19(24)9-12-22(18)29-15-17-5-3-4-6-21(17)25/h3-13,26H,2,14-15H2,1H3. The third kappa shape index (κ3) is 5.81. The van der Waals surface area contributed by atoms with Gasteiger partial charge >= 0.3 is 5.97 Å². The van der Waals surface area contributed by atoms with Crippen LogP contribution in [0.4, 0.5) is 10.1 Å². The molecule has 3 aromatic carbocycles. The lowest BCUT2D eigenvalue weighted by Gasteiger charge is -2.14. The molecule has 0 saturated carbocycles. The monoisotopic (exact) mass is 457 g/mol. The number of nitrogens with one attached hydrogen (secondary N) is 1. The summed E-state index contributed by atoms with van der Waals surface area (Å²) in [6.45, 7) is 2.77. The number of hydrogen-bond donors (Lipinski definition) is 1. The first kappa shape index (κ1) is 20.9. The highest BCUT2D eigenvalue weighted by Gasteiger charge is 2.09. The minimum Gasteiger partial charge on any atom is -0.488 e. The number of anilines is 1. The maximum Gasteiger partial charge on any atom is 0.338 e. The molecule has 0 radical (unpaired) electrons. The predicted octanol–water partition coefficient (Wildman–Crippen LogP) is 5.96. The summed E-state index contributed by atoms with van der Waals surface area (Å²) in [5, 5.41) is 3.31. The van der Waals surface area contributed by atoms with Crippen LogP contribution in [0.3, 0.4) is 0 Å². The van der Waals surface area contributed by atoms with E-state index in [0.29, 0.717) is 30.0 Å². The van der Waals surface area contributed by atoms with Crippen LogP contribution >= 0.6 is 15.9 Å². The third-order valence-electron chi connectivity index (χ3n) is 4.24. The second-order valence-electron chi connectivity index (χ2n) is 6.28. The van der Waals surface area contributed by atoms with E-state index >= 15 is 0 Å². The zero-order valence-electron chi connectivity index (χ0n) is 16.0. The second-order valence-corrected chi connectivity index (χ2v) is 7.20. The molecule has 0 aliphatic heterocycles. The Hall–Kier alpha value is -2.86. The van der Waals surface area contributed by atoms with Crippen molar-refractivity contribution in [3.8, 4) is 5.75 Å². The van der Waals surface area contributed by atoms with Gasteiger partial charge in [-0.2, -0.15) is 0 Å². The van der Waals surface area contributed by atoms with Crippen LogP contribution in [0, 0.1) is 5.82 Å². The van der Waals surface area contributed by atoms with E-state index in [1.807, 2.05) is 30.3 Å². The SMILES string of the molecule is CCOC(=O)c1ccc(NCc2cc(Br)ccc2OCc2ccccc2F)cc1. The molecule has 150 valence electrons. The fourth-order valence-corrected chi connectivity index (χ4v) is 3.14. The minimum atomic E-state index is -0.338. The van der Waals surface area contributed by atoms with Gasteiger partial charge in [-0.15, -0.1) is 0 Å². The first-order valence-corrected chi connectivity index (χ1v) is 10.0. The Balaban J connectivity index is 1.66. The van der Waals surface area contributed by atoms with Gasteiger partial charge in [-0.1, -0.05) is 34.1 Å². The van der Waals surface area contributed by atoms with E-state index in [2.05, 4.69) is 21.2 Å². The molecule has 4 nitrogen and oxygen atoms in total. The van der Waals surface area contributed by atoms with Crippen molar-refractivity contribution in [2.24, 2.45) is 0 Å². The van der Waals surface area contributed by atoms with E-state index in [1.54, 1.807) is 37.3 Å². The maximum atomic E-state index is 13.8. The molecule has 0 spiro atoms. The van der Waals surface area contributed by atoms with Gasteiger partial charge in [-0.05, 0) is 55.5 Å². The van der Waals surface area contributed by atoms with Gasteiger partial charge in [0.25, 0.3) is 0 Å². The Morgan fingerprint density at radius 3 is 2.52 bits per heavy atom. The summed E-state index contributed by atoms with van der Waals surface area (Å²) >= 11 is 3.48. The fourth-order valence-electron chi connectivity index (χ4n) is 2.73. The molecule has 3 aromatic rings. The van der Waals surface area contributed by atoms with Crippen molar-refractivity contribution in [2.75, 3.05) is 11.9 Å². The molecule has 0 amide bonds. The Labute approximate surface area is 177 Å². The highest BCUT2D eigenvalue weighted by molar-refractivity contribution is 9.10. The van der Waals surface area contributed by atoms with Crippen molar-refractivity contribution in [2.45, 2.75) is 20.1 Å². The lowest BCUT2D eigenvalue weighted by Crippen LogP contribution is -2.06. The van der Waals surface area contributed by atoms with E-state index in [9.17, 15) is 9.18 Å². The predicted molar refractivity (Wildman–Crippen MR) is 115 cm³/mol. The van der Waals surface area contributed by atoms with Crippen molar-refractivity contribution in [3.63, 3.8) is 0 Å². The first-order valence-electron chi connectivity index (χ1n) is 9.22. The van der Waals surface area contributed by atoms with Crippen molar-refractivity contribution in [3.05, 3.63) is 93.7 Å². The van der Waals surface area contributed by atoms with Gasteiger partial charge < -0.3 is 14.8 Å². The van der Waals surface area contributed by atoms with Crippen molar-refractivity contribution in [1.82, 2.24) is 0 Å². The van der Waals surface area contributed by atoms with Crippen molar-refractivity contribution < 1.29 is 18.7 Å². The lowest BCUT2D eigenvalue weighted by molar-refractivity contribution is 0.0526. The zero-order chi connectivity index (χ0) is 20.6. The number of halogens is 2. The number of hydrogen-bond acceptors (Lipinski definition) is 4. The van der Waals surface area contributed by atoms with Gasteiger partial charge in [0.05, 0.1) is 12.2 Å². The van der Waals surface area contributed by atoms with Crippen LogP contribution < -0.4 is 10.1 Å². The van der Waals surface area contributed by atoms with E-state index in [-0.39, 0.29) is 18.4 Å². The Morgan fingerprint density at radius 2 is 1.79 bits per heavy atom. The van der Waals surface area contributed by atoms with Gasteiger partial charge in [-0.25, -0.2) is 9.18 Å². The molecule has 6 heteroatoms. The summed E-state index contributed by atoms with van der Waals surface area (Å²) in [4.78, 5) is 11.7. The largest absolute Gasteiger partial charge is 0.488 e. The van der Waals surface area contributed by atoms with E-state index < -0.39 is 0 Å². The molecule has 0 bridgehead atoms. The smallest absolute Gasteiger partial charge is 0.338 e. The molecular weight excluding hydrogens is 437 g/mol. The molecule has 0 unspecified atom stereocenters. The van der Waals surface area contributed by atoms with Gasteiger partial charge in [0.1, 0.15) is 18.2 Å². The highest BCUT2D eigenvalue weighted by atomic mass is 79.9. The van der Waals surface area contributed by atoms with Gasteiger partial charge in [0.2, 0.25) is 0 Å². The number of carbonyl (C=O) groups is 1. The maximum absolute atomic E-state index is 13.8. The summed E-state index contributed by atoms with van der Waals surface area (Å²) < 4.78 is 25.6. The Morgan fingerprint density at radius 1 is 1.03 bits per heavy atom. The van der Waals surface area contributed by atoms with Crippen LogP contribution in [-0.2, 0) is 17.9 Å². The molecule has 1 N–H and O–H groups in total. The number of ether oxygens (including phenoxy) is 2. The summed E-state index contributed by atoms with van der Waals surface area (Å²) in [6, 6.07) is 19.3. The average molecular weight is 458 g/mol. The summed E-state index contributed by atoms with van der Waals surface area (Å²) in [5.41, 5.74) is 2.79. The molecular formula is C23H21BrFNO3. The zero-order valence-corrected chi connectivity index (χ0v) is 17.5. The Kier molecular flexibility index (Phi) is 7.25. The van der Waals surface area contributed by atoms with Crippen molar-refractivity contribution in [1.29, 1.82) is 0 Å². The van der Waals surface area contributed by atoms with Crippen LogP contribution in [0.1, 0.15) is 28.4 Å². The summed E-state index contributed by atoms with van der Waals surface area (Å²) in [6.07, 6.45) is 0. The second kappa shape index (κ2) is 10.1. The van der Waals surface area contributed by atoms with E-state index in [0.717, 1.165) is 15.7 Å². The van der Waals surface area contributed by atoms with Gasteiger partial charge in [0.15, 0.2) is 0 Å². The van der Waals surface area contributed by atoms with Crippen molar-refractivity contribution >= 4 is 27.6 Å². The summed E-state index contributed by atoms with van der Waals surface area (Å²) in [5.74, 6) is 0.0490. The summed E-state index contributed by atoms with van der Waals surface area (Å²) in [7, 11) is 0. The lowest BCUT2D eigenvalue weighted by atomic mass is 10.1. The third-order valence-corrected chi connectivity index (χ3v) is 4.74. The van der Waals surface area contributed by atoms with Gasteiger partial charge in [0, 0.05) is 27.8 Å². The normalized spacial score (nSPS) is 10.4. The molecule has 0 heterocycles. The number of carbonyl (C=O) groups excluding carboxylic acids is 1. The molecule has 0 aliphatic rings. The first-order chi connectivity index (χ1) is 14.1. The quantitative estimate of drug-likeness (QED) is 0.424. The minimum absolute atomic E-state index is 0.148. The van der Waals surface area contributed by atoms with Crippen LogP contribution in [0.15, 0.2) is 71.2 Å². The van der Waals surface area contributed by atoms with Crippen LogP contribution in [0.5, 0.6) is 5.75 Å². The number of esters is 1. The molecule has 0 aromatic heterocycles. The van der Waals surface area contributed by atoms with Crippen LogP contribution in [-0.4, -0.2) is 12.6 Å². The molecule has 0 saturated heterocycles. The molecule has 3 rings (SSSR count). The number of benzene rings is 3. The molecule has 0 atom stereocenters. The van der Waals surface area contributed by atoms with E-state index in [1.165, 1.54) is 6.07 Å². The molecule has 0 fully saturated rings. The molecule has 29 heavy (non-hydrogen) atoms. The Bertz CT molecular complexity index is 976. The number of rotatable bonds is 8.